The minimum atomic E-state index is -4.48. The molecule has 6 nitrogen and oxygen atoms in total. The van der Waals surface area contributed by atoms with Crippen LogP contribution in [0.5, 0.6) is 5.75 Å². The number of halogens is 3. The highest BCUT2D eigenvalue weighted by molar-refractivity contribution is 6.03. The van der Waals surface area contributed by atoms with Gasteiger partial charge in [0.25, 0.3) is 5.91 Å². The summed E-state index contributed by atoms with van der Waals surface area (Å²) in [7, 11) is 2.07. The first-order chi connectivity index (χ1) is 21.2. The summed E-state index contributed by atoms with van der Waals surface area (Å²) in [4.78, 5) is 15.0. The zero-order valence-corrected chi connectivity index (χ0v) is 24.4. The van der Waals surface area contributed by atoms with E-state index in [1.54, 1.807) is 30.3 Å². The van der Waals surface area contributed by atoms with Crippen molar-refractivity contribution in [1.29, 1.82) is 0 Å². The van der Waals surface area contributed by atoms with Crippen molar-refractivity contribution < 1.29 is 22.7 Å². The Hall–Kier alpha value is -4.76. The molecule has 4 aromatic rings. The summed E-state index contributed by atoms with van der Waals surface area (Å²) in [6.07, 6.45) is -1.24. The Kier molecular flexibility index (Phi) is 9.55. The van der Waals surface area contributed by atoms with E-state index in [0.717, 1.165) is 43.6 Å². The molecule has 1 heterocycles. The summed E-state index contributed by atoms with van der Waals surface area (Å²) < 4.78 is 47.2. The molecule has 0 aromatic heterocycles. The van der Waals surface area contributed by atoms with Crippen molar-refractivity contribution in [3.8, 4) is 28.0 Å². The highest BCUT2D eigenvalue weighted by Gasteiger charge is 2.30. The fraction of sp³-hybridized carbons (Fsp3) is 0.229. The normalized spacial score (nSPS) is 14.7. The van der Waals surface area contributed by atoms with E-state index in [9.17, 15) is 18.0 Å². The average Bonchev–Trinajstić information content (AvgIpc) is 3.02. The lowest BCUT2D eigenvalue weighted by Gasteiger charge is -2.29. The van der Waals surface area contributed by atoms with Gasteiger partial charge in [-0.1, -0.05) is 60.7 Å². The maximum atomic E-state index is 13.6. The van der Waals surface area contributed by atoms with Crippen LogP contribution in [0.1, 0.15) is 24.0 Å². The molecule has 1 aliphatic rings. The summed E-state index contributed by atoms with van der Waals surface area (Å²) in [5, 5.41) is 5.85. The Morgan fingerprint density at radius 3 is 2.34 bits per heavy atom. The molecule has 0 atom stereocenters. The van der Waals surface area contributed by atoms with Gasteiger partial charge >= 0.3 is 6.18 Å². The van der Waals surface area contributed by atoms with Crippen LogP contribution in [0, 0.1) is 0 Å². The number of benzene rings is 4. The van der Waals surface area contributed by atoms with E-state index in [1.165, 1.54) is 12.3 Å². The number of amides is 1. The monoisotopic (exact) mass is 600 g/mol. The van der Waals surface area contributed by atoms with E-state index in [0.29, 0.717) is 40.2 Å². The molecule has 1 amide bonds. The van der Waals surface area contributed by atoms with Crippen LogP contribution in [-0.4, -0.2) is 37.0 Å². The van der Waals surface area contributed by atoms with Crippen LogP contribution in [0.4, 0.5) is 18.9 Å². The van der Waals surface area contributed by atoms with Gasteiger partial charge in [0.15, 0.2) is 0 Å². The van der Waals surface area contributed by atoms with E-state index >= 15 is 0 Å². The van der Waals surface area contributed by atoms with Gasteiger partial charge in [-0.15, -0.1) is 0 Å². The van der Waals surface area contributed by atoms with E-state index in [2.05, 4.69) is 22.6 Å². The molecule has 1 aliphatic heterocycles. The molecule has 0 bridgehead atoms. The average molecular weight is 601 g/mol. The van der Waals surface area contributed by atoms with Gasteiger partial charge < -0.3 is 26.0 Å². The maximum absolute atomic E-state index is 13.6. The highest BCUT2D eigenvalue weighted by atomic mass is 19.4. The van der Waals surface area contributed by atoms with Gasteiger partial charge in [0, 0.05) is 31.5 Å². The Bertz CT molecular complexity index is 1610. The molecule has 0 unspecified atom stereocenters. The molecule has 4 aromatic carbocycles. The van der Waals surface area contributed by atoms with Crippen LogP contribution in [0.15, 0.2) is 109 Å². The number of piperidine rings is 1. The molecule has 1 fully saturated rings. The van der Waals surface area contributed by atoms with Gasteiger partial charge in [-0.05, 0) is 84.1 Å². The van der Waals surface area contributed by atoms with Crippen molar-refractivity contribution in [3.05, 3.63) is 120 Å². The van der Waals surface area contributed by atoms with Crippen molar-refractivity contribution in [1.82, 2.24) is 10.2 Å². The first kappa shape index (κ1) is 30.7. The molecule has 5 rings (SSSR count). The molecular weight excluding hydrogens is 565 g/mol. The van der Waals surface area contributed by atoms with Crippen molar-refractivity contribution in [2.75, 3.05) is 25.5 Å². The lowest BCUT2D eigenvalue weighted by Crippen LogP contribution is -2.35. The number of carbonyl (C=O) groups is 1. The number of anilines is 1. The number of rotatable bonds is 9. The molecular formula is C35H35F3N4O2. The van der Waals surface area contributed by atoms with E-state index in [4.69, 9.17) is 10.5 Å². The molecule has 1 saturated heterocycles. The lowest BCUT2D eigenvalue weighted by molar-refractivity contribution is -0.137. The summed E-state index contributed by atoms with van der Waals surface area (Å²) in [5.74, 6) is 0.115. The van der Waals surface area contributed by atoms with Crippen LogP contribution in [0.3, 0.4) is 0 Å². The summed E-state index contributed by atoms with van der Waals surface area (Å²) >= 11 is 0. The number of carbonyl (C=O) groups excluding carboxylic acids is 1. The van der Waals surface area contributed by atoms with E-state index in [-0.39, 0.29) is 11.8 Å². The molecule has 0 saturated carbocycles. The third-order valence-electron chi connectivity index (χ3n) is 7.56. The highest BCUT2D eigenvalue weighted by Crippen LogP contribution is 2.39. The third-order valence-corrected chi connectivity index (χ3v) is 7.56. The van der Waals surface area contributed by atoms with Gasteiger partial charge in [0.05, 0.1) is 5.56 Å². The number of nitrogens with one attached hydrogen (secondary N) is 2. The topological polar surface area (TPSA) is 79.6 Å². The van der Waals surface area contributed by atoms with Crippen molar-refractivity contribution >= 4 is 11.6 Å². The standard InChI is InChI=1S/C35H35F3N4O2/c1-42-17-15-29(16-18-42)44-30-13-14-31(32(21-30)25-9-5-11-27(19-25)35(36,37)38)26-10-6-12-28(20-26)41-34(43)33(39)23-40-22-24-7-3-2-4-8-24/h2-14,19-21,23,29,40H,15-18,22,39H2,1H3,(H,41,43)/b33-23-. The molecule has 0 spiro atoms. The van der Waals surface area contributed by atoms with Crippen molar-refractivity contribution in [2.45, 2.75) is 31.7 Å². The molecule has 228 valence electrons. The number of hydrogen-bond acceptors (Lipinski definition) is 5. The third kappa shape index (κ3) is 7.99. The minimum absolute atomic E-state index is 0.00592. The SMILES string of the molecule is CN1CCC(Oc2ccc(-c3cccc(NC(=O)/C(N)=C/NCc4ccccc4)c3)c(-c3cccc(C(F)(F)F)c3)c2)CC1. The number of hydrogen-bond donors (Lipinski definition) is 3. The molecule has 0 radical (unpaired) electrons. The second-order valence-electron chi connectivity index (χ2n) is 10.9. The summed E-state index contributed by atoms with van der Waals surface area (Å²) in [5.41, 5.74) is 9.24. The Morgan fingerprint density at radius 1 is 0.909 bits per heavy atom. The van der Waals surface area contributed by atoms with Crippen LogP contribution in [-0.2, 0) is 17.5 Å². The zero-order valence-electron chi connectivity index (χ0n) is 24.4. The summed E-state index contributed by atoms with van der Waals surface area (Å²) in [6.45, 7) is 2.36. The van der Waals surface area contributed by atoms with E-state index in [1.807, 2.05) is 48.5 Å². The number of nitrogens with two attached hydrogens (primary N) is 1. The van der Waals surface area contributed by atoms with Crippen molar-refractivity contribution in [2.24, 2.45) is 5.73 Å². The zero-order chi connectivity index (χ0) is 31.1. The Morgan fingerprint density at radius 2 is 1.61 bits per heavy atom. The van der Waals surface area contributed by atoms with Gasteiger partial charge in [0.2, 0.25) is 0 Å². The quantitative estimate of drug-likeness (QED) is 0.180. The van der Waals surface area contributed by atoms with Crippen LogP contribution in [0.25, 0.3) is 22.3 Å². The first-order valence-electron chi connectivity index (χ1n) is 14.5. The van der Waals surface area contributed by atoms with E-state index < -0.39 is 17.6 Å². The molecule has 4 N–H and O–H groups in total. The molecule has 0 aliphatic carbocycles. The number of likely N-dealkylation sites (tertiary alicyclic amines) is 1. The predicted molar refractivity (Wildman–Crippen MR) is 168 cm³/mol. The van der Waals surface area contributed by atoms with Crippen molar-refractivity contribution in [3.63, 3.8) is 0 Å². The van der Waals surface area contributed by atoms with Crippen LogP contribution < -0.4 is 21.1 Å². The number of alkyl halides is 3. The van der Waals surface area contributed by atoms with Gasteiger partial charge in [0.1, 0.15) is 17.6 Å². The second-order valence-corrected chi connectivity index (χ2v) is 10.9. The number of ether oxygens (including phenoxy) is 1. The van der Waals surface area contributed by atoms with Crippen LogP contribution in [0.2, 0.25) is 0 Å². The van der Waals surface area contributed by atoms with Gasteiger partial charge in [-0.3, -0.25) is 4.79 Å². The van der Waals surface area contributed by atoms with Gasteiger partial charge in [-0.2, -0.15) is 13.2 Å². The fourth-order valence-corrected chi connectivity index (χ4v) is 5.15. The second kappa shape index (κ2) is 13.7. The largest absolute Gasteiger partial charge is 0.490 e. The summed E-state index contributed by atoms with van der Waals surface area (Å²) in [6, 6.07) is 27.6. The van der Waals surface area contributed by atoms with Gasteiger partial charge in [-0.25, -0.2) is 0 Å². The smallest absolute Gasteiger partial charge is 0.416 e. The molecule has 9 heteroatoms. The minimum Gasteiger partial charge on any atom is -0.490 e. The predicted octanol–water partition coefficient (Wildman–Crippen LogP) is 7.04. The van der Waals surface area contributed by atoms with Crippen LogP contribution >= 0.6 is 0 Å². The Balaban J connectivity index is 1.40. The first-order valence-corrected chi connectivity index (χ1v) is 14.5. The fourth-order valence-electron chi connectivity index (χ4n) is 5.15. The maximum Gasteiger partial charge on any atom is 0.416 e. The lowest BCUT2D eigenvalue weighted by atomic mass is 9.93. The Labute approximate surface area is 255 Å². The number of nitrogens with zero attached hydrogens (tertiary/aromatic N) is 1. The molecule has 44 heavy (non-hydrogen) atoms.